The number of rotatable bonds is 36. The second kappa shape index (κ2) is 48.4. The van der Waals surface area contributed by atoms with Crippen LogP contribution in [0.4, 0.5) is 26.3 Å². The van der Waals surface area contributed by atoms with Crippen molar-refractivity contribution >= 4 is 48.0 Å². The van der Waals surface area contributed by atoms with Crippen LogP contribution >= 0.6 is 0 Å². The van der Waals surface area contributed by atoms with Crippen LogP contribution in [0, 0.1) is 34.9 Å². The molecule has 142 heavy (non-hydrogen) atoms. The summed E-state index contributed by atoms with van der Waals surface area (Å²) in [7, 11) is -7.99. The Labute approximate surface area is 850 Å². The third-order valence-corrected chi connectivity index (χ3v) is 30.0. The number of aliphatic carboxylic acids is 1. The van der Waals surface area contributed by atoms with Gasteiger partial charge in [-0.05, 0) is 231 Å². The second-order valence-corrected chi connectivity index (χ2v) is 44.1. The summed E-state index contributed by atoms with van der Waals surface area (Å²) in [5.41, 5.74) is 8.97. The average molecular weight is 2020 g/mol. The number of nitrogens with zero attached hydrogens (tertiary/aromatic N) is 6. The molecule has 2 fully saturated rings. The molecule has 14 rings (SSSR count). The summed E-state index contributed by atoms with van der Waals surface area (Å²) in [4.78, 5) is 36.0. The van der Waals surface area contributed by atoms with E-state index in [1.54, 1.807) is 74.0 Å². The van der Waals surface area contributed by atoms with Crippen molar-refractivity contribution in [3.05, 3.63) is 305 Å². The SMILES string of the molecule is CC(C)c1c(S(=O)(=O)N(C)Cc2ccccc2)c(-c2ccc(F)cc2)c(-c2ccc(F)cc2)n1CC[C@@H](O)C[C@@H](O)CC(=O)[O-].CC(C)c1c(S(=O)(=O)N(C)Cc2ccccc2)c(-c2ccc(F)cc2)c(-c2ccc(F)cc2)n1CC[C@@H]1C[C@@H](O)CC(=O)O1.CC(C)c1c(S(=O)(=O)N(C)Cc2ccccc2)c(-c2ccc(F)cc2)c(-c2ccc(F)cc2)n1CC[C@@H]1C[C@H](CC(=O)OC(C)(C)C)OC(C)(C)O1.[Na+]. The summed E-state index contributed by atoms with van der Waals surface area (Å²) in [6.45, 7) is 21.4. The minimum Gasteiger partial charge on any atom is -0.550 e. The van der Waals surface area contributed by atoms with E-state index in [0.717, 1.165) is 16.7 Å². The summed E-state index contributed by atoms with van der Waals surface area (Å²) in [6, 6.07) is 61.9. The van der Waals surface area contributed by atoms with Crippen LogP contribution in [0.2, 0.25) is 0 Å². The molecular weight excluding hydrogens is 1900 g/mol. The van der Waals surface area contributed by atoms with Gasteiger partial charge in [-0.1, -0.05) is 169 Å². The molecule has 752 valence electrons. The molecule has 3 N–H and O–H groups in total. The van der Waals surface area contributed by atoms with Crippen molar-refractivity contribution in [1.29, 1.82) is 0 Å². The fourth-order valence-electron chi connectivity index (χ4n) is 18.3. The first-order valence-electron chi connectivity index (χ1n) is 47.0. The van der Waals surface area contributed by atoms with Gasteiger partial charge in [0.2, 0.25) is 30.1 Å². The number of carboxylic acids is 1. The number of carboxylic acid groups (broad SMARTS) is 1. The molecule has 9 aromatic carbocycles. The molecule has 0 saturated carbocycles. The van der Waals surface area contributed by atoms with E-state index in [1.165, 1.54) is 124 Å². The van der Waals surface area contributed by atoms with Gasteiger partial charge in [0.05, 0.1) is 60.4 Å². The van der Waals surface area contributed by atoms with Crippen molar-refractivity contribution in [2.75, 3.05) is 21.1 Å². The summed E-state index contributed by atoms with van der Waals surface area (Å²) < 4.78 is 207. The normalized spacial score (nSPS) is 16.1. The van der Waals surface area contributed by atoms with Crippen molar-refractivity contribution in [3.63, 3.8) is 0 Å². The van der Waals surface area contributed by atoms with E-state index in [1.807, 2.05) is 162 Å². The zero-order valence-corrected chi connectivity index (χ0v) is 87.0. The monoisotopic (exact) mass is 2020 g/mol. The molecule has 0 radical (unpaired) electrons. The smallest absolute Gasteiger partial charge is 0.550 e. The van der Waals surface area contributed by atoms with Gasteiger partial charge in [-0.15, -0.1) is 0 Å². The summed E-state index contributed by atoms with van der Waals surface area (Å²) in [6.07, 6.45) is -4.02. The maximum Gasteiger partial charge on any atom is 1.00 e. The quantitative estimate of drug-likeness (QED) is 0.0187. The van der Waals surface area contributed by atoms with Crippen molar-refractivity contribution < 1.29 is 135 Å². The fraction of sp³-hybridized carbons (Fsp3) is 0.367. The van der Waals surface area contributed by atoms with E-state index in [-0.39, 0.29) is 139 Å². The van der Waals surface area contributed by atoms with Crippen LogP contribution in [0.3, 0.4) is 0 Å². The maximum atomic E-state index is 14.9. The number of hydrogen-bond donors (Lipinski definition) is 3. The van der Waals surface area contributed by atoms with Gasteiger partial charge >= 0.3 is 41.5 Å². The number of cyclic esters (lactones) is 1. The third kappa shape index (κ3) is 28.1. The van der Waals surface area contributed by atoms with Gasteiger partial charge in [0.1, 0.15) is 61.3 Å². The molecule has 2 aliphatic heterocycles. The number of aliphatic hydroxyl groups is 3. The van der Waals surface area contributed by atoms with Gasteiger partial charge in [0.15, 0.2) is 5.79 Å². The Morgan fingerprint density at radius 3 is 1.04 bits per heavy atom. The van der Waals surface area contributed by atoms with E-state index in [4.69, 9.17) is 18.9 Å². The number of benzene rings is 9. The molecule has 0 aliphatic carbocycles. The number of sulfonamides is 3. The standard InChI is InChI=1S/C41H50F2N2O6S.C34H38F2N2O6S.C34H36F2N2O5S.Na/c1-27(2)37-39(52(47,48)44(8)26-28-12-10-9-11-13-28)36(29-14-18-31(42)19-15-29)38(30-16-20-32(43)21-17-30)45(37)23-22-33-24-34(50-41(6,7)49-33)25-35(46)51-40(3,4)5;1-22(2)32-34(45(43,44)37(3)21-23-7-5-4-6-8-23)31(24-9-13-26(35)14-10-24)33(25-11-15-27(36)16-12-25)38(32)18-17-28(39)19-29(40)20-30(41)42;1-22(2)32-34(44(41,42)37(3)21-23-7-5-4-6-8-23)31(24-9-13-26(35)14-10-24)33(25-11-15-27(36)16-12-25)38(32)18-17-29-19-28(39)20-30(40)43-29;/h9-21,27,33-34H,22-26H2,1-8H3;4-16,22,28-29,39-40H,17-21H2,1-3H3,(H,41,42);4-16,22,28-29,39H,17-21H2,1-3H3;/q;;;+1/p-1/t33-,34-;2*28-,29-;/m111./s1. The first kappa shape index (κ1) is 112. The maximum absolute atomic E-state index is 14.9. The number of halogens is 6. The Bertz CT molecular complexity index is 6660. The van der Waals surface area contributed by atoms with Crippen molar-refractivity contribution in [2.24, 2.45) is 0 Å². The van der Waals surface area contributed by atoms with Gasteiger partial charge in [-0.25, -0.2) is 51.6 Å². The Morgan fingerprint density at radius 2 is 0.746 bits per heavy atom. The molecule has 33 heteroatoms. The van der Waals surface area contributed by atoms with Gasteiger partial charge in [0.25, 0.3) is 0 Å². The Hall–Kier alpha value is -10.7. The number of carbonyl (C=O) groups is 3. The molecule has 5 heterocycles. The zero-order valence-electron chi connectivity index (χ0n) is 82.6. The van der Waals surface area contributed by atoms with Crippen LogP contribution in [0.25, 0.3) is 67.2 Å². The molecule has 2 saturated heterocycles. The van der Waals surface area contributed by atoms with E-state index in [0.29, 0.717) is 110 Å². The van der Waals surface area contributed by atoms with Gasteiger partial charge in [-0.3, -0.25) is 9.59 Å². The fourth-order valence-corrected chi connectivity index (χ4v) is 23.5. The number of aromatic nitrogens is 3. The molecule has 3 aromatic heterocycles. The second-order valence-electron chi connectivity index (χ2n) is 38.1. The predicted molar refractivity (Wildman–Crippen MR) is 527 cm³/mol. The number of carbonyl (C=O) groups excluding carboxylic acids is 3. The summed E-state index contributed by atoms with van der Waals surface area (Å²) >= 11 is 0. The van der Waals surface area contributed by atoms with Crippen molar-refractivity contribution in [2.45, 2.75) is 254 Å². The van der Waals surface area contributed by atoms with Crippen LogP contribution < -0.4 is 34.7 Å². The zero-order chi connectivity index (χ0) is 102. The van der Waals surface area contributed by atoms with Gasteiger partial charge in [-0.2, -0.15) is 12.9 Å². The third-order valence-electron chi connectivity index (χ3n) is 24.4. The van der Waals surface area contributed by atoms with Gasteiger partial charge in [0, 0.05) is 126 Å². The molecule has 2 aliphatic rings. The van der Waals surface area contributed by atoms with Crippen LogP contribution in [0.5, 0.6) is 0 Å². The summed E-state index contributed by atoms with van der Waals surface area (Å²) in [5.74, 6) is -7.02. The largest absolute Gasteiger partial charge is 1.00 e. The van der Waals surface area contributed by atoms with Crippen LogP contribution in [-0.4, -0.2) is 154 Å². The summed E-state index contributed by atoms with van der Waals surface area (Å²) in [5, 5.41) is 41.9. The van der Waals surface area contributed by atoms with Crippen LogP contribution in [0.15, 0.2) is 251 Å². The topological polar surface area (TPSA) is 299 Å². The number of esters is 2. The van der Waals surface area contributed by atoms with Crippen LogP contribution in [0.1, 0.15) is 185 Å². The molecular formula is C109H123F6N6NaO17S3. The Morgan fingerprint density at radius 1 is 0.451 bits per heavy atom. The van der Waals surface area contributed by atoms with E-state index in [9.17, 15) is 86.4 Å². The Kier molecular flexibility index (Phi) is 38.0. The minimum absolute atomic E-state index is 0. The van der Waals surface area contributed by atoms with E-state index in [2.05, 4.69) is 0 Å². The average Bonchev–Trinajstić information content (AvgIpc) is 1.58. The first-order valence-corrected chi connectivity index (χ1v) is 51.3. The van der Waals surface area contributed by atoms with Gasteiger partial charge < -0.3 is 57.9 Å². The van der Waals surface area contributed by atoms with Crippen molar-refractivity contribution in [3.8, 4) is 67.2 Å². The first-order chi connectivity index (χ1) is 66.6. The Balaban J connectivity index is 0.000000204. The number of hydrogen-bond acceptors (Lipinski definition) is 17. The van der Waals surface area contributed by atoms with Crippen molar-refractivity contribution in [1.82, 2.24) is 26.6 Å². The predicted octanol–water partition coefficient (Wildman–Crippen LogP) is 17.3. The van der Waals surface area contributed by atoms with Crippen LogP contribution in [-0.2, 0) is 103 Å². The molecule has 0 bridgehead atoms. The minimum atomic E-state index is -4.22. The van der Waals surface area contributed by atoms with E-state index >= 15 is 0 Å². The molecule has 6 atom stereocenters. The molecule has 0 amide bonds. The molecule has 12 aromatic rings. The van der Waals surface area contributed by atoms with E-state index < -0.39 is 125 Å². The molecule has 0 unspecified atom stereocenters. The number of ether oxygens (including phenoxy) is 4. The number of aliphatic hydroxyl groups excluding tert-OH is 3. The molecule has 23 nitrogen and oxygen atoms in total. The molecule has 0 spiro atoms.